The predicted molar refractivity (Wildman–Crippen MR) is 137 cm³/mol. The van der Waals surface area contributed by atoms with E-state index in [0.29, 0.717) is 42.5 Å². The number of fused-ring (bicyclic) bond motifs is 1. The third kappa shape index (κ3) is 4.89. The maximum absolute atomic E-state index is 13.5. The molecule has 0 aliphatic heterocycles. The minimum absolute atomic E-state index is 0.0641. The Morgan fingerprint density at radius 2 is 1.88 bits per heavy atom. The van der Waals surface area contributed by atoms with E-state index >= 15 is 0 Å². The molecule has 2 heterocycles. The van der Waals surface area contributed by atoms with Crippen LogP contribution in [0.15, 0.2) is 52.4 Å². The Balaban J connectivity index is 1.68. The van der Waals surface area contributed by atoms with E-state index < -0.39 is 0 Å². The molecule has 1 N–H and O–H groups in total. The number of carbonyl (C=O) groups is 1. The van der Waals surface area contributed by atoms with E-state index in [-0.39, 0.29) is 17.2 Å². The lowest BCUT2D eigenvalue weighted by atomic mass is 10.2. The minimum atomic E-state index is -0.223. The van der Waals surface area contributed by atoms with Crippen molar-refractivity contribution < 1.29 is 9.53 Å². The van der Waals surface area contributed by atoms with E-state index in [1.807, 2.05) is 13.8 Å². The highest BCUT2D eigenvalue weighted by molar-refractivity contribution is 7.99. The van der Waals surface area contributed by atoms with Gasteiger partial charge in [-0.25, -0.2) is 4.98 Å². The van der Waals surface area contributed by atoms with Crippen LogP contribution in [0.5, 0.6) is 5.75 Å². The maximum Gasteiger partial charge on any atom is 0.267 e. The first kappa shape index (κ1) is 23.6. The Labute approximate surface area is 208 Å². The number of thioether (sulfide) groups is 1. The van der Waals surface area contributed by atoms with Crippen molar-refractivity contribution >= 4 is 68.1 Å². The summed E-state index contributed by atoms with van der Waals surface area (Å²) in [6, 6.07) is 12.0. The van der Waals surface area contributed by atoms with Gasteiger partial charge in [0, 0.05) is 10.6 Å². The van der Waals surface area contributed by atoms with Crippen molar-refractivity contribution in [2.75, 3.05) is 18.2 Å². The van der Waals surface area contributed by atoms with Crippen molar-refractivity contribution in [2.45, 2.75) is 19.0 Å². The Morgan fingerprint density at radius 1 is 1.15 bits per heavy atom. The fourth-order valence-corrected chi connectivity index (χ4v) is 5.40. The van der Waals surface area contributed by atoms with Crippen LogP contribution in [0.1, 0.15) is 10.4 Å². The standard InChI is InChI=1S/C23H19Cl2N3O3S2/c1-12-13(2)33-21-20(12)22(30)28(15-6-9-17(24)18(25)10-15)23(27-21)32-11-19(29)26-14-4-7-16(31-3)8-5-14/h4-10H,11H2,1-3H3,(H,26,29). The van der Waals surface area contributed by atoms with Crippen molar-refractivity contribution in [3.63, 3.8) is 0 Å². The first-order valence-corrected chi connectivity index (χ1v) is 12.4. The summed E-state index contributed by atoms with van der Waals surface area (Å²) in [5.74, 6) is 0.542. The fourth-order valence-electron chi connectivity index (χ4n) is 3.23. The monoisotopic (exact) mass is 519 g/mol. The number of benzene rings is 2. The number of nitrogens with zero attached hydrogens (tertiary/aromatic N) is 2. The molecule has 2 aromatic heterocycles. The van der Waals surface area contributed by atoms with Gasteiger partial charge in [0.1, 0.15) is 10.6 Å². The van der Waals surface area contributed by atoms with Crippen LogP contribution in [-0.2, 0) is 4.79 Å². The molecule has 0 bridgehead atoms. The van der Waals surface area contributed by atoms with Crippen LogP contribution in [0, 0.1) is 13.8 Å². The van der Waals surface area contributed by atoms with E-state index in [4.69, 9.17) is 32.9 Å². The van der Waals surface area contributed by atoms with Crippen LogP contribution >= 0.6 is 46.3 Å². The number of hydrogen-bond donors (Lipinski definition) is 1. The van der Waals surface area contributed by atoms with E-state index in [1.54, 1.807) is 49.6 Å². The van der Waals surface area contributed by atoms with Crippen LogP contribution in [0.4, 0.5) is 5.69 Å². The van der Waals surface area contributed by atoms with E-state index in [0.717, 1.165) is 10.4 Å². The van der Waals surface area contributed by atoms with Gasteiger partial charge in [0.05, 0.1) is 34.0 Å². The normalized spacial score (nSPS) is 11.1. The number of ether oxygens (including phenoxy) is 1. The molecule has 170 valence electrons. The zero-order chi connectivity index (χ0) is 23.7. The highest BCUT2D eigenvalue weighted by Crippen LogP contribution is 2.31. The van der Waals surface area contributed by atoms with Gasteiger partial charge in [-0.15, -0.1) is 11.3 Å². The summed E-state index contributed by atoms with van der Waals surface area (Å²) in [4.78, 5) is 32.5. The lowest BCUT2D eigenvalue weighted by Crippen LogP contribution is -2.23. The van der Waals surface area contributed by atoms with Crippen molar-refractivity contribution in [3.05, 3.63) is 73.3 Å². The van der Waals surface area contributed by atoms with Gasteiger partial charge in [0.15, 0.2) is 5.16 Å². The van der Waals surface area contributed by atoms with Crippen LogP contribution in [-0.4, -0.2) is 28.3 Å². The molecule has 2 aromatic carbocycles. The van der Waals surface area contributed by atoms with Gasteiger partial charge in [0.2, 0.25) is 5.91 Å². The Hall–Kier alpha value is -2.52. The second-order valence-corrected chi connectivity index (χ2v) is 10.1. The zero-order valence-electron chi connectivity index (χ0n) is 17.9. The molecule has 0 fully saturated rings. The Morgan fingerprint density at radius 3 is 2.55 bits per heavy atom. The summed E-state index contributed by atoms with van der Waals surface area (Å²) < 4.78 is 6.61. The van der Waals surface area contributed by atoms with Gasteiger partial charge >= 0.3 is 0 Å². The summed E-state index contributed by atoms with van der Waals surface area (Å²) in [7, 11) is 1.58. The number of halogens is 2. The van der Waals surface area contributed by atoms with Gasteiger partial charge in [-0.3, -0.25) is 14.2 Å². The molecular formula is C23H19Cl2N3O3S2. The van der Waals surface area contributed by atoms with E-state index in [9.17, 15) is 9.59 Å². The second kappa shape index (κ2) is 9.77. The summed E-state index contributed by atoms with van der Waals surface area (Å²) in [6.45, 7) is 3.87. The summed E-state index contributed by atoms with van der Waals surface area (Å²) >= 11 is 14.9. The number of nitrogens with one attached hydrogen (secondary N) is 1. The van der Waals surface area contributed by atoms with Crippen LogP contribution < -0.4 is 15.6 Å². The minimum Gasteiger partial charge on any atom is -0.497 e. The number of hydrogen-bond acceptors (Lipinski definition) is 6. The van der Waals surface area contributed by atoms with E-state index in [2.05, 4.69) is 5.32 Å². The fraction of sp³-hybridized carbons (Fsp3) is 0.174. The van der Waals surface area contributed by atoms with E-state index in [1.165, 1.54) is 27.7 Å². The molecule has 0 unspecified atom stereocenters. The number of amides is 1. The highest BCUT2D eigenvalue weighted by atomic mass is 35.5. The lowest BCUT2D eigenvalue weighted by Gasteiger charge is -2.13. The number of aryl methyl sites for hydroxylation is 2. The number of rotatable bonds is 6. The number of anilines is 1. The first-order chi connectivity index (χ1) is 15.8. The third-order valence-electron chi connectivity index (χ3n) is 5.04. The van der Waals surface area contributed by atoms with Gasteiger partial charge in [-0.1, -0.05) is 35.0 Å². The van der Waals surface area contributed by atoms with Crippen molar-refractivity contribution in [3.8, 4) is 11.4 Å². The van der Waals surface area contributed by atoms with Gasteiger partial charge in [-0.05, 0) is 61.9 Å². The number of aromatic nitrogens is 2. The molecule has 4 aromatic rings. The van der Waals surface area contributed by atoms with Gasteiger partial charge < -0.3 is 10.1 Å². The van der Waals surface area contributed by atoms with Gasteiger partial charge in [-0.2, -0.15) is 0 Å². The molecule has 0 saturated heterocycles. The molecule has 0 atom stereocenters. The average molecular weight is 520 g/mol. The molecule has 0 saturated carbocycles. The number of methoxy groups -OCH3 is 1. The third-order valence-corrected chi connectivity index (χ3v) is 7.82. The van der Waals surface area contributed by atoms with Crippen LogP contribution in [0.25, 0.3) is 15.9 Å². The lowest BCUT2D eigenvalue weighted by molar-refractivity contribution is -0.113. The smallest absolute Gasteiger partial charge is 0.267 e. The van der Waals surface area contributed by atoms with Crippen molar-refractivity contribution in [2.24, 2.45) is 0 Å². The van der Waals surface area contributed by atoms with Gasteiger partial charge in [0.25, 0.3) is 5.56 Å². The van der Waals surface area contributed by atoms with Crippen molar-refractivity contribution in [1.29, 1.82) is 0 Å². The Bertz CT molecular complexity index is 1420. The number of carbonyl (C=O) groups excluding carboxylic acids is 1. The summed E-state index contributed by atoms with van der Waals surface area (Å²) in [6.07, 6.45) is 0. The van der Waals surface area contributed by atoms with Crippen LogP contribution in [0.3, 0.4) is 0 Å². The average Bonchev–Trinajstić information content (AvgIpc) is 3.08. The predicted octanol–water partition coefficient (Wildman–Crippen LogP) is 6.11. The SMILES string of the molecule is COc1ccc(NC(=O)CSc2nc3sc(C)c(C)c3c(=O)n2-c2ccc(Cl)c(Cl)c2)cc1. The molecular weight excluding hydrogens is 501 g/mol. The molecule has 10 heteroatoms. The number of thiophene rings is 1. The Kier molecular flexibility index (Phi) is 6.99. The quantitative estimate of drug-likeness (QED) is 0.245. The molecule has 4 rings (SSSR count). The topological polar surface area (TPSA) is 73.2 Å². The second-order valence-electron chi connectivity index (χ2n) is 7.16. The summed E-state index contributed by atoms with van der Waals surface area (Å²) in [5, 5.41) is 4.52. The largest absolute Gasteiger partial charge is 0.497 e. The molecule has 6 nitrogen and oxygen atoms in total. The van der Waals surface area contributed by atoms with Crippen molar-refractivity contribution in [1.82, 2.24) is 9.55 Å². The summed E-state index contributed by atoms with van der Waals surface area (Å²) in [5.41, 5.74) is 1.87. The zero-order valence-corrected chi connectivity index (χ0v) is 21.1. The molecule has 0 spiro atoms. The molecule has 33 heavy (non-hydrogen) atoms. The molecule has 0 aliphatic rings. The molecule has 1 amide bonds. The molecule has 0 radical (unpaired) electrons. The van der Waals surface area contributed by atoms with Crippen LogP contribution in [0.2, 0.25) is 10.0 Å². The highest BCUT2D eigenvalue weighted by Gasteiger charge is 2.19. The molecule has 0 aliphatic carbocycles. The first-order valence-electron chi connectivity index (χ1n) is 9.83. The maximum atomic E-state index is 13.5.